The summed E-state index contributed by atoms with van der Waals surface area (Å²) in [6.07, 6.45) is 0.802. The van der Waals surface area contributed by atoms with Gasteiger partial charge in [-0.3, -0.25) is 9.69 Å². The average molecular weight is 359 g/mol. The Kier molecular flexibility index (Phi) is 4.06. The topological polar surface area (TPSA) is 53.0 Å². The summed E-state index contributed by atoms with van der Waals surface area (Å²) in [6.45, 7) is 1.30. The molecule has 25 heavy (non-hydrogen) atoms. The van der Waals surface area contributed by atoms with E-state index in [9.17, 15) is 9.90 Å². The van der Waals surface area contributed by atoms with Crippen LogP contribution in [0, 0.1) is 0 Å². The minimum absolute atomic E-state index is 0.0981. The number of amides is 1. The summed E-state index contributed by atoms with van der Waals surface area (Å²) in [6, 6.07) is 12.8. The molecule has 2 fully saturated rings. The molecule has 5 nitrogen and oxygen atoms in total. The van der Waals surface area contributed by atoms with Crippen molar-refractivity contribution >= 4 is 23.2 Å². The predicted molar refractivity (Wildman–Crippen MR) is 96.2 cm³/mol. The number of anilines is 1. The van der Waals surface area contributed by atoms with Crippen molar-refractivity contribution in [3.63, 3.8) is 0 Å². The molecule has 0 radical (unpaired) electrons. The summed E-state index contributed by atoms with van der Waals surface area (Å²) in [5.74, 6) is 0.696. The summed E-state index contributed by atoms with van der Waals surface area (Å²) in [4.78, 5) is 16.8. The molecule has 0 aromatic heterocycles. The molecule has 130 valence electrons. The number of phenols is 1. The van der Waals surface area contributed by atoms with Gasteiger partial charge in [0.05, 0.1) is 19.2 Å². The molecular weight excluding hydrogens is 340 g/mol. The molecule has 2 heterocycles. The van der Waals surface area contributed by atoms with Gasteiger partial charge in [-0.05, 0) is 30.7 Å². The van der Waals surface area contributed by atoms with Crippen LogP contribution in [0.1, 0.15) is 12.0 Å². The van der Waals surface area contributed by atoms with Crippen molar-refractivity contribution in [1.29, 1.82) is 0 Å². The van der Waals surface area contributed by atoms with Crippen LogP contribution in [-0.2, 0) is 11.3 Å². The zero-order valence-corrected chi connectivity index (χ0v) is 14.6. The summed E-state index contributed by atoms with van der Waals surface area (Å²) >= 11 is 6.07. The van der Waals surface area contributed by atoms with Crippen molar-refractivity contribution in [2.45, 2.75) is 25.0 Å². The molecule has 0 unspecified atom stereocenters. The first-order valence-corrected chi connectivity index (χ1v) is 8.64. The second kappa shape index (κ2) is 6.24. The number of methoxy groups -OCH3 is 1. The predicted octanol–water partition coefficient (Wildman–Crippen LogP) is 3.04. The minimum Gasteiger partial charge on any atom is -0.504 e. The first-order valence-electron chi connectivity index (χ1n) is 8.26. The third kappa shape index (κ3) is 2.73. The van der Waals surface area contributed by atoms with Crippen LogP contribution in [0.5, 0.6) is 11.5 Å². The lowest BCUT2D eigenvalue weighted by molar-refractivity contribution is -0.122. The molecular formula is C19H19ClN2O3. The van der Waals surface area contributed by atoms with Crippen LogP contribution < -0.4 is 9.64 Å². The number of likely N-dealkylation sites (tertiary alicyclic amines) is 1. The number of halogens is 1. The summed E-state index contributed by atoms with van der Waals surface area (Å²) in [5.41, 5.74) is 1.63. The number of piperazine rings is 1. The van der Waals surface area contributed by atoms with Crippen LogP contribution in [0.4, 0.5) is 5.69 Å². The molecule has 4 rings (SSSR count). The van der Waals surface area contributed by atoms with Gasteiger partial charge in [-0.15, -0.1) is 0 Å². The smallest absolute Gasteiger partial charge is 0.244 e. The second-order valence-corrected chi connectivity index (χ2v) is 6.93. The Bertz CT molecular complexity index is 826. The maximum atomic E-state index is 12.8. The van der Waals surface area contributed by atoms with E-state index in [0.29, 0.717) is 17.3 Å². The minimum atomic E-state index is -0.158. The normalized spacial score (nSPS) is 22.6. The van der Waals surface area contributed by atoms with Crippen molar-refractivity contribution < 1.29 is 14.6 Å². The molecule has 2 aliphatic rings. The molecule has 2 bridgehead atoms. The first kappa shape index (κ1) is 16.2. The van der Waals surface area contributed by atoms with Crippen LogP contribution in [0.3, 0.4) is 0 Å². The van der Waals surface area contributed by atoms with Gasteiger partial charge < -0.3 is 14.7 Å². The highest BCUT2D eigenvalue weighted by molar-refractivity contribution is 6.31. The number of aromatic hydroxyl groups is 1. The van der Waals surface area contributed by atoms with Gasteiger partial charge in [-0.1, -0.05) is 29.8 Å². The van der Waals surface area contributed by atoms with E-state index >= 15 is 0 Å². The number of nitrogens with zero attached hydrogens (tertiary/aromatic N) is 2. The maximum Gasteiger partial charge on any atom is 0.244 e. The number of hydrogen-bond acceptors (Lipinski definition) is 4. The third-order valence-corrected chi connectivity index (χ3v) is 5.27. The van der Waals surface area contributed by atoms with Gasteiger partial charge in [-0.2, -0.15) is 0 Å². The van der Waals surface area contributed by atoms with Crippen LogP contribution in [-0.4, -0.2) is 41.7 Å². The standard InChI is InChI=1S/C19H19ClN2O3/c1-25-17-7-2-4-12(18(17)23)10-21-11-15-9-16(21)19(24)22(15)14-6-3-5-13(20)8-14/h2-8,15-16,23H,9-11H2,1H3/t15-,16-/m0/s1. The molecule has 2 aliphatic heterocycles. The molecule has 0 spiro atoms. The molecule has 2 aromatic rings. The van der Waals surface area contributed by atoms with Crippen molar-refractivity contribution in [2.75, 3.05) is 18.6 Å². The SMILES string of the molecule is COc1cccc(CN2C[C@@H]3C[C@H]2C(=O)N3c2cccc(Cl)c2)c1O. The average Bonchev–Trinajstić information content (AvgIpc) is 3.14. The highest BCUT2D eigenvalue weighted by atomic mass is 35.5. The van der Waals surface area contributed by atoms with Crippen molar-refractivity contribution in [1.82, 2.24) is 4.90 Å². The Labute approximate surface area is 151 Å². The summed E-state index contributed by atoms with van der Waals surface area (Å²) in [5, 5.41) is 10.9. The molecule has 0 aliphatic carbocycles. The highest BCUT2D eigenvalue weighted by Crippen LogP contribution is 2.38. The van der Waals surface area contributed by atoms with Gasteiger partial charge in [0, 0.05) is 29.4 Å². The Balaban J connectivity index is 1.53. The number of phenolic OH excluding ortho intramolecular Hbond substituents is 1. The van der Waals surface area contributed by atoms with E-state index in [1.54, 1.807) is 6.07 Å². The van der Waals surface area contributed by atoms with Gasteiger partial charge >= 0.3 is 0 Å². The Morgan fingerprint density at radius 2 is 2.08 bits per heavy atom. The van der Waals surface area contributed by atoms with E-state index in [4.69, 9.17) is 16.3 Å². The van der Waals surface area contributed by atoms with Crippen molar-refractivity contribution in [2.24, 2.45) is 0 Å². The molecule has 2 aromatic carbocycles. The first-order chi connectivity index (χ1) is 12.1. The van der Waals surface area contributed by atoms with Gasteiger partial charge in [0.2, 0.25) is 5.91 Å². The highest BCUT2D eigenvalue weighted by Gasteiger charge is 2.50. The fraction of sp³-hybridized carbons (Fsp3) is 0.316. The fourth-order valence-electron chi connectivity index (χ4n) is 3.88. The van der Waals surface area contributed by atoms with E-state index < -0.39 is 0 Å². The lowest BCUT2D eigenvalue weighted by atomic mass is 10.1. The maximum absolute atomic E-state index is 12.8. The van der Waals surface area contributed by atoms with Gasteiger partial charge in [0.15, 0.2) is 11.5 Å². The van der Waals surface area contributed by atoms with E-state index in [1.165, 1.54) is 7.11 Å². The van der Waals surface area contributed by atoms with Gasteiger partial charge in [0.25, 0.3) is 0 Å². The number of carbonyl (C=O) groups excluding carboxylic acids is 1. The molecule has 1 N–H and O–H groups in total. The number of hydrogen-bond donors (Lipinski definition) is 1. The number of fused-ring (bicyclic) bond motifs is 2. The van der Waals surface area contributed by atoms with Crippen molar-refractivity contribution in [3.8, 4) is 11.5 Å². The van der Waals surface area contributed by atoms with E-state index in [0.717, 1.165) is 24.2 Å². The van der Waals surface area contributed by atoms with Crippen LogP contribution in [0.25, 0.3) is 0 Å². The number of benzene rings is 2. The molecule has 0 saturated carbocycles. The van der Waals surface area contributed by atoms with Crippen LogP contribution >= 0.6 is 11.6 Å². The number of rotatable bonds is 4. The zero-order chi connectivity index (χ0) is 17.6. The lowest BCUT2D eigenvalue weighted by Crippen LogP contribution is -2.50. The molecule has 1 amide bonds. The largest absolute Gasteiger partial charge is 0.504 e. The zero-order valence-electron chi connectivity index (χ0n) is 13.9. The van der Waals surface area contributed by atoms with E-state index in [-0.39, 0.29) is 23.7 Å². The molecule has 2 saturated heterocycles. The summed E-state index contributed by atoms with van der Waals surface area (Å²) in [7, 11) is 1.53. The summed E-state index contributed by atoms with van der Waals surface area (Å²) < 4.78 is 5.16. The molecule has 2 atom stereocenters. The lowest BCUT2D eigenvalue weighted by Gasteiger charge is -2.34. The van der Waals surface area contributed by atoms with Crippen LogP contribution in [0.2, 0.25) is 5.02 Å². The van der Waals surface area contributed by atoms with Crippen LogP contribution in [0.15, 0.2) is 42.5 Å². The number of carbonyl (C=O) groups is 1. The molecule has 6 heteroatoms. The Hall–Kier alpha value is -2.24. The Morgan fingerprint density at radius 3 is 2.80 bits per heavy atom. The van der Waals surface area contributed by atoms with E-state index in [2.05, 4.69) is 4.90 Å². The monoisotopic (exact) mass is 358 g/mol. The van der Waals surface area contributed by atoms with Crippen molar-refractivity contribution in [3.05, 3.63) is 53.1 Å². The number of ether oxygens (including phenoxy) is 1. The van der Waals surface area contributed by atoms with E-state index in [1.807, 2.05) is 41.3 Å². The number of para-hydroxylation sites is 1. The third-order valence-electron chi connectivity index (χ3n) is 5.03. The second-order valence-electron chi connectivity index (χ2n) is 6.49. The van der Waals surface area contributed by atoms with Gasteiger partial charge in [0.1, 0.15) is 0 Å². The Morgan fingerprint density at radius 1 is 1.28 bits per heavy atom. The fourth-order valence-corrected chi connectivity index (χ4v) is 4.07. The quantitative estimate of drug-likeness (QED) is 0.912. The van der Waals surface area contributed by atoms with Gasteiger partial charge in [-0.25, -0.2) is 0 Å².